The molecule has 0 radical (unpaired) electrons. The molecule has 132 valence electrons. The van der Waals surface area contributed by atoms with E-state index in [1.807, 2.05) is 0 Å². The molecule has 0 heterocycles. The second-order valence-corrected chi connectivity index (χ2v) is 7.71. The molecule has 8 heteroatoms. The molecule has 0 aromatic heterocycles. The van der Waals surface area contributed by atoms with Gasteiger partial charge in [0.2, 0.25) is 10.0 Å². The predicted molar refractivity (Wildman–Crippen MR) is 88.8 cm³/mol. The van der Waals surface area contributed by atoms with Crippen LogP contribution >= 0.6 is 0 Å². The minimum atomic E-state index is -4.11. The number of carbonyl (C=O) groups is 2. The van der Waals surface area contributed by atoms with Crippen LogP contribution in [0.3, 0.4) is 0 Å². The minimum absolute atomic E-state index is 0.00577. The summed E-state index contributed by atoms with van der Waals surface area (Å²) in [5, 5.41) is 19.1. The van der Waals surface area contributed by atoms with Gasteiger partial charge in [-0.3, -0.25) is 9.59 Å². The van der Waals surface area contributed by atoms with E-state index in [1.54, 1.807) is 6.08 Å². The van der Waals surface area contributed by atoms with Crippen LogP contribution in [-0.2, 0) is 10.0 Å². The lowest BCUT2D eigenvalue weighted by molar-refractivity contribution is 0.0936. The van der Waals surface area contributed by atoms with E-state index in [2.05, 4.69) is 4.72 Å². The van der Waals surface area contributed by atoms with Crippen LogP contribution in [0.4, 0.5) is 0 Å². The van der Waals surface area contributed by atoms with Gasteiger partial charge >= 0.3 is 0 Å². The molecule has 0 saturated heterocycles. The maximum Gasteiger partial charge on any atom is 0.241 e. The van der Waals surface area contributed by atoms with Crippen LogP contribution in [0.25, 0.3) is 0 Å². The number of carbonyl (C=O) groups excluding carboxylic acids is 2. The van der Waals surface area contributed by atoms with Crippen molar-refractivity contribution >= 4 is 21.6 Å². The number of hydrogen-bond acceptors (Lipinski definition) is 6. The zero-order valence-corrected chi connectivity index (χ0v) is 14.2. The van der Waals surface area contributed by atoms with Gasteiger partial charge in [-0.15, -0.1) is 0 Å². The van der Waals surface area contributed by atoms with Crippen molar-refractivity contribution in [3.05, 3.63) is 52.6 Å². The summed E-state index contributed by atoms with van der Waals surface area (Å²) in [5.41, 5.74) is -0.222. The Hall–Kier alpha value is -2.13. The highest BCUT2D eigenvalue weighted by Crippen LogP contribution is 2.35. The van der Waals surface area contributed by atoms with E-state index in [9.17, 15) is 23.1 Å². The molecule has 0 amide bonds. The zero-order valence-electron chi connectivity index (χ0n) is 13.4. The van der Waals surface area contributed by atoms with Gasteiger partial charge < -0.3 is 10.2 Å². The Morgan fingerprint density at radius 1 is 1.28 bits per heavy atom. The van der Waals surface area contributed by atoms with Crippen LogP contribution in [-0.4, -0.2) is 49.0 Å². The van der Waals surface area contributed by atoms with Crippen molar-refractivity contribution in [2.75, 3.05) is 6.61 Å². The van der Waals surface area contributed by atoms with E-state index in [0.717, 1.165) is 0 Å². The van der Waals surface area contributed by atoms with Crippen molar-refractivity contribution < 1.29 is 28.2 Å². The average Bonchev–Trinajstić information content (AvgIpc) is 2.58. The Labute approximate surface area is 144 Å². The highest BCUT2D eigenvalue weighted by Gasteiger charge is 2.39. The van der Waals surface area contributed by atoms with Crippen molar-refractivity contribution in [1.82, 2.24) is 4.72 Å². The van der Waals surface area contributed by atoms with Crippen molar-refractivity contribution in [2.45, 2.75) is 30.4 Å². The normalized spacial score (nSPS) is 21.2. The van der Waals surface area contributed by atoms with Crippen molar-refractivity contribution in [2.24, 2.45) is 0 Å². The lowest BCUT2D eigenvalue weighted by atomic mass is 9.79. The van der Waals surface area contributed by atoms with Crippen molar-refractivity contribution in [3.63, 3.8) is 0 Å². The highest BCUT2D eigenvalue weighted by molar-refractivity contribution is 7.89. The van der Waals surface area contributed by atoms with Crippen LogP contribution in [0.2, 0.25) is 0 Å². The van der Waals surface area contributed by atoms with E-state index >= 15 is 0 Å². The Bertz CT molecular complexity index is 928. The van der Waals surface area contributed by atoms with Gasteiger partial charge in [0.25, 0.3) is 0 Å². The number of sulfonamides is 1. The van der Waals surface area contributed by atoms with Crippen LogP contribution in [0.5, 0.6) is 0 Å². The highest BCUT2D eigenvalue weighted by atomic mass is 32.2. The molecule has 1 aromatic rings. The van der Waals surface area contributed by atoms with Gasteiger partial charge in [-0.05, 0) is 19.4 Å². The molecule has 1 aromatic carbocycles. The fourth-order valence-corrected chi connectivity index (χ4v) is 4.46. The molecule has 25 heavy (non-hydrogen) atoms. The number of aliphatic hydroxyl groups excluding tert-OH is 2. The Balaban J connectivity index is 2.19. The quantitative estimate of drug-likeness (QED) is 0.709. The first kappa shape index (κ1) is 17.7. The molecule has 2 unspecified atom stereocenters. The monoisotopic (exact) mass is 363 g/mol. The van der Waals surface area contributed by atoms with Gasteiger partial charge in [0.15, 0.2) is 11.6 Å². The standard InChI is InChI=1S/C17H17NO6S/c1-9(8-19)18-25(23,24)13-7-3-5-11-15(13)17(22)10-4-2-6-12(20)14(10)16(11)21/h2-5,7,9,12,18-20H,6,8H2,1H3. The van der Waals surface area contributed by atoms with Gasteiger partial charge in [-0.2, -0.15) is 0 Å². The Kier molecular flexibility index (Phi) is 4.46. The molecule has 2 atom stereocenters. The van der Waals surface area contributed by atoms with Gasteiger partial charge in [0.05, 0.1) is 23.2 Å². The summed E-state index contributed by atoms with van der Waals surface area (Å²) in [7, 11) is -4.11. The van der Waals surface area contributed by atoms with Gasteiger partial charge in [-0.1, -0.05) is 24.3 Å². The van der Waals surface area contributed by atoms with Crippen LogP contribution in [0.1, 0.15) is 34.1 Å². The number of fused-ring (bicyclic) bond motifs is 1. The van der Waals surface area contributed by atoms with Gasteiger partial charge in [0, 0.05) is 22.8 Å². The lowest BCUT2D eigenvalue weighted by Crippen LogP contribution is -2.37. The second kappa shape index (κ2) is 6.30. The number of allylic oxidation sites excluding steroid dienone is 2. The minimum Gasteiger partial charge on any atom is -0.395 e. The molecule has 2 aliphatic carbocycles. The van der Waals surface area contributed by atoms with Gasteiger partial charge in [-0.25, -0.2) is 13.1 Å². The zero-order chi connectivity index (χ0) is 18.4. The molecule has 0 bridgehead atoms. The molecule has 0 fully saturated rings. The number of ketones is 2. The third-order valence-electron chi connectivity index (χ3n) is 4.17. The van der Waals surface area contributed by atoms with E-state index in [4.69, 9.17) is 5.11 Å². The number of rotatable bonds is 4. The largest absolute Gasteiger partial charge is 0.395 e. The van der Waals surface area contributed by atoms with Crippen LogP contribution in [0, 0.1) is 0 Å². The summed E-state index contributed by atoms with van der Waals surface area (Å²) in [6.45, 7) is 1.06. The van der Waals surface area contributed by atoms with Crippen molar-refractivity contribution in [1.29, 1.82) is 0 Å². The summed E-state index contributed by atoms with van der Waals surface area (Å²) in [4.78, 5) is 25.2. The third-order valence-corrected chi connectivity index (χ3v) is 5.81. The van der Waals surface area contributed by atoms with E-state index in [-0.39, 0.29) is 33.6 Å². The molecule has 7 nitrogen and oxygen atoms in total. The van der Waals surface area contributed by atoms with Crippen LogP contribution in [0.15, 0.2) is 46.4 Å². The van der Waals surface area contributed by atoms with Gasteiger partial charge in [0.1, 0.15) is 0 Å². The first-order valence-electron chi connectivity index (χ1n) is 7.72. The topological polar surface area (TPSA) is 121 Å². The number of Topliss-reactive ketones (excluding diaryl/α,β-unsaturated/α-hetero) is 2. The fraction of sp³-hybridized carbons (Fsp3) is 0.294. The summed E-state index contributed by atoms with van der Waals surface area (Å²) in [5.74, 6) is -1.16. The molecular weight excluding hydrogens is 346 g/mol. The van der Waals surface area contributed by atoms with Crippen molar-refractivity contribution in [3.8, 4) is 0 Å². The van der Waals surface area contributed by atoms with E-state index in [0.29, 0.717) is 0 Å². The fourth-order valence-electron chi connectivity index (χ4n) is 3.00. The average molecular weight is 363 g/mol. The third kappa shape index (κ3) is 2.87. The van der Waals surface area contributed by atoms with E-state index < -0.39 is 40.3 Å². The molecule has 3 N–H and O–H groups in total. The first-order valence-corrected chi connectivity index (χ1v) is 9.20. The summed E-state index contributed by atoms with van der Waals surface area (Å²) < 4.78 is 27.4. The second-order valence-electron chi connectivity index (χ2n) is 6.02. The number of hydrogen-bond donors (Lipinski definition) is 3. The summed E-state index contributed by atoms with van der Waals surface area (Å²) >= 11 is 0. The summed E-state index contributed by atoms with van der Waals surface area (Å²) in [6.07, 6.45) is 2.15. The maximum absolute atomic E-state index is 12.9. The number of aliphatic hydroxyl groups is 2. The van der Waals surface area contributed by atoms with Crippen LogP contribution < -0.4 is 4.72 Å². The first-order chi connectivity index (χ1) is 11.8. The smallest absolute Gasteiger partial charge is 0.241 e. The summed E-state index contributed by atoms with van der Waals surface area (Å²) in [6, 6.07) is 3.24. The Morgan fingerprint density at radius 3 is 2.68 bits per heavy atom. The number of benzene rings is 1. The molecule has 0 saturated carbocycles. The predicted octanol–water partition coefficient (Wildman–Crippen LogP) is 0.342. The van der Waals surface area contributed by atoms with E-state index in [1.165, 1.54) is 31.2 Å². The molecular formula is C17H17NO6S. The number of nitrogens with one attached hydrogen (secondary N) is 1. The molecule has 2 aliphatic rings. The Morgan fingerprint density at radius 2 is 2.00 bits per heavy atom. The SMILES string of the molecule is CC(CO)NS(=O)(=O)c1cccc2c1C(=O)C1=C(C2=O)C(O)CC=C1. The molecule has 3 rings (SSSR count). The maximum atomic E-state index is 12.9. The molecule has 0 spiro atoms. The lowest BCUT2D eigenvalue weighted by Gasteiger charge is -2.26. The molecule has 0 aliphatic heterocycles.